The lowest BCUT2D eigenvalue weighted by atomic mass is 10.0. The zero-order valence-corrected chi connectivity index (χ0v) is 16.1. The Balaban J connectivity index is 1.84. The van der Waals surface area contributed by atoms with Crippen molar-refractivity contribution in [1.82, 2.24) is 0 Å². The number of benzene rings is 2. The minimum Gasteiger partial charge on any atom is -0.381 e. The van der Waals surface area contributed by atoms with E-state index in [9.17, 15) is 13.2 Å². The monoisotopic (exact) mass is 388 g/mol. The van der Waals surface area contributed by atoms with Crippen LogP contribution in [0.25, 0.3) is 0 Å². The van der Waals surface area contributed by atoms with Crippen molar-refractivity contribution < 1.29 is 17.9 Å². The van der Waals surface area contributed by atoms with Crippen molar-refractivity contribution in [2.75, 3.05) is 29.1 Å². The fourth-order valence-corrected chi connectivity index (χ4v) is 3.83. The van der Waals surface area contributed by atoms with Crippen molar-refractivity contribution in [2.24, 2.45) is 0 Å². The van der Waals surface area contributed by atoms with Crippen LogP contribution in [0, 0.1) is 0 Å². The van der Waals surface area contributed by atoms with Gasteiger partial charge in [-0.3, -0.25) is 9.52 Å². The summed E-state index contributed by atoms with van der Waals surface area (Å²) in [6.07, 6.45) is 2.99. The second kappa shape index (κ2) is 8.54. The second-order valence-electron chi connectivity index (χ2n) is 6.69. The maximum Gasteiger partial charge on any atom is 0.231 e. The molecule has 0 spiro atoms. The Kier molecular flexibility index (Phi) is 6.13. The fourth-order valence-electron chi connectivity index (χ4n) is 3.26. The molecule has 0 bridgehead atoms. The van der Waals surface area contributed by atoms with Gasteiger partial charge in [0.1, 0.15) is 0 Å². The molecule has 27 heavy (non-hydrogen) atoms. The van der Waals surface area contributed by atoms with Crippen LogP contribution in [-0.4, -0.2) is 39.8 Å². The molecule has 2 aromatic carbocycles. The second-order valence-corrected chi connectivity index (χ2v) is 8.44. The average Bonchev–Trinajstić information content (AvgIpc) is 2.64. The molecule has 3 rings (SSSR count). The van der Waals surface area contributed by atoms with Gasteiger partial charge in [0, 0.05) is 30.6 Å². The van der Waals surface area contributed by atoms with E-state index in [1.54, 1.807) is 24.3 Å². The number of carbonyl (C=O) groups excluding carboxylic acids is 1. The number of amides is 1. The fraction of sp³-hybridized carbons (Fsp3) is 0.350. The standard InChI is InChI=1S/C20H24N2O4S/c1-27(24,25)21-17-7-9-18(10-8-17)22(19-11-13-26-14-12-19)20(23)15-16-5-3-2-4-6-16/h2-10,19,21H,11-15H2,1H3. The summed E-state index contributed by atoms with van der Waals surface area (Å²) in [5.74, 6) is 0.0249. The van der Waals surface area contributed by atoms with Gasteiger partial charge >= 0.3 is 0 Å². The van der Waals surface area contributed by atoms with E-state index in [0.29, 0.717) is 25.3 Å². The van der Waals surface area contributed by atoms with E-state index >= 15 is 0 Å². The van der Waals surface area contributed by atoms with E-state index in [2.05, 4.69) is 4.72 Å². The minimum atomic E-state index is -3.33. The first kappa shape index (κ1) is 19.4. The third-order valence-electron chi connectivity index (χ3n) is 4.47. The molecule has 1 aliphatic rings. The summed E-state index contributed by atoms with van der Waals surface area (Å²) < 4.78 is 30.7. The predicted molar refractivity (Wildman–Crippen MR) is 106 cm³/mol. The van der Waals surface area contributed by atoms with Crippen LogP contribution in [0.2, 0.25) is 0 Å². The summed E-state index contributed by atoms with van der Waals surface area (Å²) in [7, 11) is -3.33. The zero-order chi connectivity index (χ0) is 19.3. The summed E-state index contributed by atoms with van der Waals surface area (Å²) in [6, 6.07) is 16.7. The number of hydrogen-bond acceptors (Lipinski definition) is 4. The first-order chi connectivity index (χ1) is 12.9. The van der Waals surface area contributed by atoms with Gasteiger partial charge < -0.3 is 9.64 Å². The van der Waals surface area contributed by atoms with Crippen LogP contribution < -0.4 is 9.62 Å². The Labute approximate surface area is 160 Å². The molecule has 2 aromatic rings. The van der Waals surface area contributed by atoms with Crippen molar-refractivity contribution in [1.29, 1.82) is 0 Å². The molecule has 1 N–H and O–H groups in total. The number of nitrogens with one attached hydrogen (secondary N) is 1. The molecule has 1 aliphatic heterocycles. The lowest BCUT2D eigenvalue weighted by Gasteiger charge is -2.34. The van der Waals surface area contributed by atoms with Gasteiger partial charge in [-0.15, -0.1) is 0 Å². The maximum absolute atomic E-state index is 13.1. The van der Waals surface area contributed by atoms with E-state index in [1.807, 2.05) is 35.2 Å². The normalized spacial score (nSPS) is 15.3. The smallest absolute Gasteiger partial charge is 0.231 e. The zero-order valence-electron chi connectivity index (χ0n) is 15.3. The molecule has 6 nitrogen and oxygen atoms in total. The Morgan fingerprint density at radius 3 is 2.30 bits per heavy atom. The molecule has 1 saturated heterocycles. The van der Waals surface area contributed by atoms with Crippen LogP contribution in [-0.2, 0) is 26.0 Å². The van der Waals surface area contributed by atoms with Crippen LogP contribution in [0.5, 0.6) is 0 Å². The highest BCUT2D eigenvalue weighted by atomic mass is 32.2. The van der Waals surface area contributed by atoms with Gasteiger partial charge in [-0.25, -0.2) is 8.42 Å². The molecule has 1 heterocycles. The molecule has 0 saturated carbocycles. The van der Waals surface area contributed by atoms with Crippen molar-refractivity contribution in [3.8, 4) is 0 Å². The molecule has 7 heteroatoms. The van der Waals surface area contributed by atoms with E-state index in [-0.39, 0.29) is 11.9 Å². The van der Waals surface area contributed by atoms with Gasteiger partial charge in [-0.05, 0) is 42.7 Å². The predicted octanol–water partition coefficient (Wildman–Crippen LogP) is 2.81. The summed E-state index contributed by atoms with van der Waals surface area (Å²) in [5, 5.41) is 0. The summed E-state index contributed by atoms with van der Waals surface area (Å²) in [4.78, 5) is 14.9. The Morgan fingerprint density at radius 2 is 1.70 bits per heavy atom. The molecule has 1 fully saturated rings. The van der Waals surface area contributed by atoms with E-state index in [4.69, 9.17) is 4.74 Å². The van der Waals surface area contributed by atoms with Gasteiger partial charge in [0.05, 0.1) is 12.7 Å². The average molecular weight is 388 g/mol. The van der Waals surface area contributed by atoms with E-state index < -0.39 is 10.0 Å². The van der Waals surface area contributed by atoms with Crippen molar-refractivity contribution in [3.63, 3.8) is 0 Å². The highest BCUT2D eigenvalue weighted by Crippen LogP contribution is 2.26. The van der Waals surface area contributed by atoms with Gasteiger partial charge in [0.2, 0.25) is 15.9 Å². The molecule has 0 unspecified atom stereocenters. The van der Waals surface area contributed by atoms with Crippen molar-refractivity contribution >= 4 is 27.3 Å². The van der Waals surface area contributed by atoms with Crippen LogP contribution >= 0.6 is 0 Å². The van der Waals surface area contributed by atoms with Crippen LogP contribution in [0.3, 0.4) is 0 Å². The minimum absolute atomic E-state index is 0.0249. The third-order valence-corrected chi connectivity index (χ3v) is 5.08. The lowest BCUT2D eigenvalue weighted by molar-refractivity contribution is -0.118. The third kappa shape index (κ3) is 5.55. The largest absolute Gasteiger partial charge is 0.381 e. The number of ether oxygens (including phenoxy) is 1. The van der Waals surface area contributed by atoms with Gasteiger partial charge in [0.15, 0.2) is 0 Å². The van der Waals surface area contributed by atoms with Gasteiger partial charge in [0.25, 0.3) is 0 Å². The van der Waals surface area contributed by atoms with Crippen LogP contribution in [0.15, 0.2) is 54.6 Å². The maximum atomic E-state index is 13.1. The van der Waals surface area contributed by atoms with Crippen LogP contribution in [0.4, 0.5) is 11.4 Å². The number of sulfonamides is 1. The highest BCUT2D eigenvalue weighted by molar-refractivity contribution is 7.92. The van der Waals surface area contributed by atoms with Gasteiger partial charge in [-0.1, -0.05) is 30.3 Å². The molecular formula is C20H24N2O4S. The number of hydrogen-bond donors (Lipinski definition) is 1. The Bertz CT molecular complexity index is 861. The molecule has 0 aromatic heterocycles. The molecule has 0 atom stereocenters. The van der Waals surface area contributed by atoms with Crippen LogP contribution in [0.1, 0.15) is 18.4 Å². The molecule has 144 valence electrons. The molecular weight excluding hydrogens is 364 g/mol. The molecule has 0 radical (unpaired) electrons. The first-order valence-corrected chi connectivity index (χ1v) is 10.8. The van der Waals surface area contributed by atoms with Crippen molar-refractivity contribution in [3.05, 3.63) is 60.2 Å². The van der Waals surface area contributed by atoms with E-state index in [0.717, 1.165) is 30.3 Å². The summed E-state index contributed by atoms with van der Waals surface area (Å²) in [6.45, 7) is 1.26. The number of nitrogens with zero attached hydrogens (tertiary/aromatic N) is 1. The SMILES string of the molecule is CS(=O)(=O)Nc1ccc(N(C(=O)Cc2ccccc2)C2CCOCC2)cc1. The topological polar surface area (TPSA) is 75.7 Å². The Morgan fingerprint density at radius 1 is 1.07 bits per heavy atom. The number of carbonyl (C=O) groups is 1. The van der Waals surface area contributed by atoms with E-state index in [1.165, 1.54) is 0 Å². The lowest BCUT2D eigenvalue weighted by Crippen LogP contribution is -2.44. The van der Waals surface area contributed by atoms with Gasteiger partial charge in [-0.2, -0.15) is 0 Å². The molecule has 1 amide bonds. The number of rotatable bonds is 6. The van der Waals surface area contributed by atoms with Crippen molar-refractivity contribution in [2.45, 2.75) is 25.3 Å². The molecule has 0 aliphatic carbocycles. The Hall–Kier alpha value is -2.38. The summed E-state index contributed by atoms with van der Waals surface area (Å²) >= 11 is 0. The highest BCUT2D eigenvalue weighted by Gasteiger charge is 2.27. The summed E-state index contributed by atoms with van der Waals surface area (Å²) in [5.41, 5.74) is 2.21. The quantitative estimate of drug-likeness (QED) is 0.826. The first-order valence-electron chi connectivity index (χ1n) is 8.94. The number of anilines is 2.